The summed E-state index contributed by atoms with van der Waals surface area (Å²) in [6.07, 6.45) is 3.92. The number of allylic oxidation sites excluding steroid dienone is 1. The summed E-state index contributed by atoms with van der Waals surface area (Å²) in [5.41, 5.74) is 3.17. The highest BCUT2D eigenvalue weighted by molar-refractivity contribution is 6.30. The van der Waals surface area contributed by atoms with Crippen LogP contribution in [0.5, 0.6) is 11.5 Å². The first kappa shape index (κ1) is 23.1. The van der Waals surface area contributed by atoms with Crippen molar-refractivity contribution < 1.29 is 19.1 Å². The van der Waals surface area contributed by atoms with Crippen molar-refractivity contribution in [1.29, 1.82) is 0 Å². The zero-order valence-corrected chi connectivity index (χ0v) is 19.3. The Morgan fingerprint density at radius 1 is 1.06 bits per heavy atom. The molecule has 1 heterocycles. The molecule has 1 aliphatic heterocycles. The number of urea groups is 1. The van der Waals surface area contributed by atoms with E-state index in [4.69, 9.17) is 21.1 Å². The van der Waals surface area contributed by atoms with E-state index in [1.54, 1.807) is 49.6 Å². The normalized spacial score (nSPS) is 14.3. The smallest absolute Gasteiger partial charge is 0.333 e. The quantitative estimate of drug-likeness (QED) is 0.256. The molecule has 1 saturated heterocycles. The van der Waals surface area contributed by atoms with Crippen molar-refractivity contribution in [3.8, 4) is 11.5 Å². The van der Waals surface area contributed by atoms with Crippen molar-refractivity contribution in [2.45, 2.75) is 13.0 Å². The molecular weight excluding hydrogens is 452 g/mol. The number of ether oxygens (including phenoxy) is 2. The largest absolute Gasteiger partial charge is 0.493 e. The summed E-state index contributed by atoms with van der Waals surface area (Å²) in [7, 11) is 1.55. The summed E-state index contributed by atoms with van der Waals surface area (Å²) in [6.45, 7) is 4.17. The second kappa shape index (κ2) is 10.3. The Kier molecular flexibility index (Phi) is 6.99. The minimum atomic E-state index is -0.497. The molecule has 172 valence electrons. The summed E-state index contributed by atoms with van der Waals surface area (Å²) in [5.74, 6) is 0.674. The number of rotatable bonds is 8. The third kappa shape index (κ3) is 4.97. The Morgan fingerprint density at radius 2 is 1.79 bits per heavy atom. The van der Waals surface area contributed by atoms with Gasteiger partial charge in [-0.05, 0) is 60.0 Å². The monoisotopic (exact) mass is 474 g/mol. The Morgan fingerprint density at radius 3 is 2.47 bits per heavy atom. The molecule has 0 spiro atoms. The number of para-hydroxylation sites is 1. The van der Waals surface area contributed by atoms with E-state index in [0.717, 1.165) is 16.0 Å². The van der Waals surface area contributed by atoms with Gasteiger partial charge in [-0.15, -0.1) is 6.58 Å². The van der Waals surface area contributed by atoms with Crippen LogP contribution in [0.4, 0.5) is 10.5 Å². The van der Waals surface area contributed by atoms with Gasteiger partial charge in [0, 0.05) is 10.6 Å². The van der Waals surface area contributed by atoms with Crippen molar-refractivity contribution in [3.63, 3.8) is 0 Å². The lowest BCUT2D eigenvalue weighted by Gasteiger charge is -2.16. The summed E-state index contributed by atoms with van der Waals surface area (Å²) in [6, 6.07) is 19.3. The maximum atomic E-state index is 12.9. The molecule has 7 heteroatoms. The molecule has 0 aliphatic carbocycles. The van der Waals surface area contributed by atoms with Crippen LogP contribution < -0.4 is 19.7 Å². The van der Waals surface area contributed by atoms with Gasteiger partial charge in [-0.25, -0.2) is 9.69 Å². The maximum Gasteiger partial charge on any atom is 0.333 e. The lowest BCUT2D eigenvalue weighted by Crippen LogP contribution is -2.30. The topological polar surface area (TPSA) is 67.9 Å². The van der Waals surface area contributed by atoms with Crippen LogP contribution in [0.15, 0.2) is 85.1 Å². The molecule has 1 fully saturated rings. The highest BCUT2D eigenvalue weighted by atomic mass is 35.5. The lowest BCUT2D eigenvalue weighted by atomic mass is 10.0. The van der Waals surface area contributed by atoms with E-state index in [1.807, 2.05) is 36.4 Å². The lowest BCUT2D eigenvalue weighted by molar-refractivity contribution is -0.113. The van der Waals surface area contributed by atoms with Gasteiger partial charge in [0.15, 0.2) is 11.5 Å². The number of methoxy groups -OCH3 is 1. The number of carbonyl (C=O) groups excluding carboxylic acids is 2. The fraction of sp³-hybridized carbons (Fsp3) is 0.111. The molecule has 1 N–H and O–H groups in total. The van der Waals surface area contributed by atoms with Gasteiger partial charge in [0.05, 0.1) is 12.8 Å². The summed E-state index contributed by atoms with van der Waals surface area (Å²) in [5, 5.41) is 3.31. The minimum absolute atomic E-state index is 0.176. The van der Waals surface area contributed by atoms with Gasteiger partial charge >= 0.3 is 6.03 Å². The molecule has 3 aromatic carbocycles. The Bertz CT molecular complexity index is 1250. The molecule has 0 radical (unpaired) electrons. The van der Waals surface area contributed by atoms with E-state index in [9.17, 15) is 9.59 Å². The number of nitrogens with one attached hydrogen (secondary N) is 1. The Labute approximate surface area is 203 Å². The van der Waals surface area contributed by atoms with Gasteiger partial charge in [-0.1, -0.05) is 48.0 Å². The fourth-order valence-corrected chi connectivity index (χ4v) is 3.76. The van der Waals surface area contributed by atoms with Crippen molar-refractivity contribution in [2.24, 2.45) is 0 Å². The van der Waals surface area contributed by atoms with Crippen molar-refractivity contribution >= 4 is 35.3 Å². The van der Waals surface area contributed by atoms with E-state index < -0.39 is 11.9 Å². The number of amides is 3. The molecule has 4 rings (SSSR count). The van der Waals surface area contributed by atoms with Crippen LogP contribution in [-0.2, 0) is 17.8 Å². The van der Waals surface area contributed by atoms with Crippen molar-refractivity contribution in [3.05, 3.63) is 107 Å². The molecule has 0 saturated carbocycles. The Hall–Kier alpha value is -4.03. The molecular formula is C27H23ClN2O4. The summed E-state index contributed by atoms with van der Waals surface area (Å²) in [4.78, 5) is 26.5. The van der Waals surface area contributed by atoms with Crippen LogP contribution in [0.3, 0.4) is 0 Å². The highest BCUT2D eigenvalue weighted by Gasteiger charge is 2.34. The number of carbonyl (C=O) groups is 2. The number of hydrogen-bond acceptors (Lipinski definition) is 4. The zero-order valence-electron chi connectivity index (χ0n) is 18.6. The minimum Gasteiger partial charge on any atom is -0.493 e. The predicted molar refractivity (Wildman–Crippen MR) is 133 cm³/mol. The third-order valence-electron chi connectivity index (χ3n) is 5.24. The van der Waals surface area contributed by atoms with Crippen LogP contribution in [0.2, 0.25) is 5.02 Å². The van der Waals surface area contributed by atoms with E-state index >= 15 is 0 Å². The molecule has 0 aromatic heterocycles. The molecule has 3 aromatic rings. The van der Waals surface area contributed by atoms with Crippen LogP contribution >= 0.6 is 11.6 Å². The van der Waals surface area contributed by atoms with Gasteiger partial charge in [0.2, 0.25) is 0 Å². The second-order valence-electron chi connectivity index (χ2n) is 7.58. The van der Waals surface area contributed by atoms with Crippen molar-refractivity contribution in [2.75, 3.05) is 12.0 Å². The van der Waals surface area contributed by atoms with Gasteiger partial charge in [0.1, 0.15) is 12.3 Å². The van der Waals surface area contributed by atoms with Crippen LogP contribution in [-0.4, -0.2) is 19.0 Å². The number of benzene rings is 3. The molecule has 0 bridgehead atoms. The molecule has 1 aliphatic rings. The van der Waals surface area contributed by atoms with E-state index in [0.29, 0.717) is 40.8 Å². The molecule has 6 nitrogen and oxygen atoms in total. The molecule has 0 atom stereocenters. The van der Waals surface area contributed by atoms with Gasteiger partial charge < -0.3 is 14.8 Å². The number of hydrogen-bond donors (Lipinski definition) is 1. The van der Waals surface area contributed by atoms with E-state index in [2.05, 4.69) is 11.9 Å². The maximum absolute atomic E-state index is 12.9. The summed E-state index contributed by atoms with van der Waals surface area (Å²) >= 11 is 5.96. The average Bonchev–Trinajstić information content (AvgIpc) is 3.12. The Balaban J connectivity index is 1.63. The van der Waals surface area contributed by atoms with Crippen LogP contribution in [0, 0.1) is 0 Å². The van der Waals surface area contributed by atoms with E-state index in [1.165, 1.54) is 0 Å². The van der Waals surface area contributed by atoms with Crippen LogP contribution in [0.1, 0.15) is 16.7 Å². The highest BCUT2D eigenvalue weighted by Crippen LogP contribution is 2.35. The van der Waals surface area contributed by atoms with E-state index in [-0.39, 0.29) is 5.70 Å². The standard InChI is InChI=1S/C27H23ClN2O4/c1-3-7-20-14-19(15-23-26(31)30(27(32)29-23)22-8-5-4-6-9-22)16-24(33-2)25(20)34-17-18-10-12-21(28)13-11-18/h3-6,8-16H,1,7,17H2,2H3,(H,29,32)/b23-15+. The number of imide groups is 1. The summed E-state index contributed by atoms with van der Waals surface area (Å²) < 4.78 is 11.7. The molecule has 34 heavy (non-hydrogen) atoms. The predicted octanol–water partition coefficient (Wildman–Crippen LogP) is 5.75. The van der Waals surface area contributed by atoms with Crippen molar-refractivity contribution in [1.82, 2.24) is 5.32 Å². The zero-order chi connectivity index (χ0) is 24.1. The molecule has 0 unspecified atom stereocenters. The number of anilines is 1. The fourth-order valence-electron chi connectivity index (χ4n) is 3.64. The SMILES string of the molecule is C=CCc1cc(/C=C2/NC(=O)N(c3ccccc3)C2=O)cc(OC)c1OCc1ccc(Cl)cc1. The van der Waals surface area contributed by atoms with Gasteiger partial charge in [-0.3, -0.25) is 4.79 Å². The first-order valence-electron chi connectivity index (χ1n) is 10.6. The van der Waals surface area contributed by atoms with Crippen LogP contribution in [0.25, 0.3) is 6.08 Å². The first-order chi connectivity index (χ1) is 16.5. The second-order valence-corrected chi connectivity index (χ2v) is 8.02. The molecule has 3 amide bonds. The first-order valence-corrected chi connectivity index (χ1v) is 11.0. The number of halogens is 1. The number of nitrogens with zero attached hydrogens (tertiary/aromatic N) is 1. The van der Waals surface area contributed by atoms with Gasteiger partial charge in [-0.2, -0.15) is 0 Å². The average molecular weight is 475 g/mol. The van der Waals surface area contributed by atoms with Gasteiger partial charge in [0.25, 0.3) is 5.91 Å². The third-order valence-corrected chi connectivity index (χ3v) is 5.49.